The van der Waals surface area contributed by atoms with Crippen molar-refractivity contribution < 1.29 is 9.47 Å². The number of ether oxygens (including phenoxy) is 2. The Bertz CT molecular complexity index is 925. The molecule has 2 aromatic rings. The molecule has 1 aromatic heterocycles. The number of benzene rings is 1. The Morgan fingerprint density at radius 1 is 0.970 bits per heavy atom. The van der Waals surface area contributed by atoms with Crippen LogP contribution in [0.4, 0.5) is 11.8 Å². The van der Waals surface area contributed by atoms with Gasteiger partial charge >= 0.3 is 0 Å². The van der Waals surface area contributed by atoms with Gasteiger partial charge in [0.05, 0.1) is 19.9 Å². The topological polar surface area (TPSA) is 71.5 Å². The van der Waals surface area contributed by atoms with E-state index >= 15 is 0 Å². The summed E-state index contributed by atoms with van der Waals surface area (Å²) in [4.78, 5) is 11.9. The van der Waals surface area contributed by atoms with E-state index in [9.17, 15) is 0 Å². The fourth-order valence-corrected chi connectivity index (χ4v) is 5.11. The highest BCUT2D eigenvalue weighted by atomic mass is 16.5. The molecule has 33 heavy (non-hydrogen) atoms. The Hall–Kier alpha value is -2.54. The zero-order valence-corrected chi connectivity index (χ0v) is 20.6. The van der Waals surface area contributed by atoms with E-state index in [0.717, 1.165) is 49.2 Å². The van der Waals surface area contributed by atoms with Gasteiger partial charge in [-0.25, -0.2) is 4.98 Å². The van der Waals surface area contributed by atoms with Gasteiger partial charge in [0.25, 0.3) is 0 Å². The number of nitrogens with zero attached hydrogens (tertiary/aromatic N) is 3. The first kappa shape index (κ1) is 23.6. The SMILES string of the molecule is COc1ccc(CNCC2CCC(Nc3nc4c(c(N(C)C)n3)CCCC4)CC2)cc1OC. The number of hydrogen-bond acceptors (Lipinski definition) is 7. The minimum absolute atomic E-state index is 0.462. The highest BCUT2D eigenvalue weighted by Crippen LogP contribution is 2.31. The standard InChI is InChI=1S/C26H39N5O2/c1-31(2)25-21-7-5-6-8-22(21)29-26(30-25)28-20-12-9-18(10-13-20)16-27-17-19-11-14-23(32-3)24(15-19)33-4/h11,14-15,18,20,27H,5-10,12-13,16-17H2,1-4H3,(H,28,29,30). The molecular formula is C26H39N5O2. The van der Waals surface area contributed by atoms with Gasteiger partial charge in [-0.2, -0.15) is 4.98 Å². The molecule has 0 saturated heterocycles. The van der Waals surface area contributed by atoms with E-state index in [1.54, 1.807) is 14.2 Å². The highest BCUT2D eigenvalue weighted by Gasteiger charge is 2.24. The van der Waals surface area contributed by atoms with Gasteiger partial charge in [0.1, 0.15) is 5.82 Å². The summed E-state index contributed by atoms with van der Waals surface area (Å²) in [6.07, 6.45) is 9.44. The Balaban J connectivity index is 1.25. The molecule has 7 nitrogen and oxygen atoms in total. The Morgan fingerprint density at radius 2 is 1.73 bits per heavy atom. The minimum atomic E-state index is 0.462. The molecule has 180 valence electrons. The normalized spacial score (nSPS) is 20.1. The Kier molecular flexibility index (Phi) is 7.91. The van der Waals surface area contributed by atoms with Crippen LogP contribution in [-0.2, 0) is 19.4 Å². The predicted octanol–water partition coefficient (Wildman–Crippen LogP) is 4.20. The molecule has 1 aromatic carbocycles. The van der Waals surface area contributed by atoms with E-state index in [0.29, 0.717) is 12.0 Å². The number of aromatic nitrogens is 2. The van der Waals surface area contributed by atoms with E-state index in [4.69, 9.17) is 19.4 Å². The van der Waals surface area contributed by atoms with Gasteiger partial charge in [-0.1, -0.05) is 6.07 Å². The summed E-state index contributed by atoms with van der Waals surface area (Å²) in [5.74, 6) is 4.17. The van der Waals surface area contributed by atoms with Crippen LogP contribution in [0, 0.1) is 5.92 Å². The number of rotatable bonds is 9. The van der Waals surface area contributed by atoms with E-state index in [1.165, 1.54) is 55.3 Å². The monoisotopic (exact) mass is 453 g/mol. The second kappa shape index (κ2) is 11.1. The van der Waals surface area contributed by atoms with Crippen LogP contribution in [0.3, 0.4) is 0 Å². The second-order valence-electron chi connectivity index (χ2n) is 9.58. The third kappa shape index (κ3) is 5.88. The highest BCUT2D eigenvalue weighted by molar-refractivity contribution is 5.53. The number of hydrogen-bond donors (Lipinski definition) is 2. The van der Waals surface area contributed by atoms with Gasteiger partial charge < -0.3 is 25.0 Å². The zero-order chi connectivity index (χ0) is 23.2. The van der Waals surface area contributed by atoms with Crippen LogP contribution < -0.4 is 25.0 Å². The lowest BCUT2D eigenvalue weighted by molar-refractivity contribution is 0.323. The van der Waals surface area contributed by atoms with Gasteiger partial charge in [0.15, 0.2) is 11.5 Å². The largest absolute Gasteiger partial charge is 0.493 e. The van der Waals surface area contributed by atoms with Crippen molar-refractivity contribution in [3.05, 3.63) is 35.0 Å². The van der Waals surface area contributed by atoms with Crippen LogP contribution in [0.15, 0.2) is 18.2 Å². The summed E-state index contributed by atoms with van der Waals surface area (Å²) in [6.45, 7) is 1.88. The van der Waals surface area contributed by atoms with Gasteiger partial charge in [-0.15, -0.1) is 0 Å². The lowest BCUT2D eigenvalue weighted by atomic mass is 9.86. The first-order chi connectivity index (χ1) is 16.1. The van der Waals surface area contributed by atoms with Crippen molar-refractivity contribution in [2.75, 3.05) is 45.1 Å². The fraction of sp³-hybridized carbons (Fsp3) is 0.615. The molecule has 0 atom stereocenters. The van der Waals surface area contributed by atoms with Crippen molar-refractivity contribution in [2.24, 2.45) is 5.92 Å². The maximum absolute atomic E-state index is 5.41. The van der Waals surface area contributed by atoms with Gasteiger partial charge in [0, 0.05) is 32.2 Å². The Labute approximate surface area is 198 Å². The number of fused-ring (bicyclic) bond motifs is 1. The predicted molar refractivity (Wildman–Crippen MR) is 134 cm³/mol. The maximum atomic E-state index is 5.41. The smallest absolute Gasteiger partial charge is 0.225 e. The molecule has 0 bridgehead atoms. The summed E-state index contributed by atoms with van der Waals surface area (Å²) in [5, 5.41) is 7.29. The molecule has 4 rings (SSSR count). The van der Waals surface area contributed by atoms with Gasteiger partial charge in [0.2, 0.25) is 5.95 Å². The molecule has 0 radical (unpaired) electrons. The lowest BCUT2D eigenvalue weighted by Crippen LogP contribution is -2.32. The van der Waals surface area contributed by atoms with Crippen LogP contribution >= 0.6 is 0 Å². The van der Waals surface area contributed by atoms with E-state index in [2.05, 4.69) is 35.7 Å². The molecule has 7 heteroatoms. The molecule has 2 N–H and O–H groups in total. The minimum Gasteiger partial charge on any atom is -0.493 e. The first-order valence-electron chi connectivity index (χ1n) is 12.3. The van der Waals surface area contributed by atoms with Crippen molar-refractivity contribution in [3.8, 4) is 11.5 Å². The molecule has 1 fully saturated rings. The van der Waals surface area contributed by atoms with Crippen molar-refractivity contribution in [3.63, 3.8) is 0 Å². The summed E-state index contributed by atoms with van der Waals surface area (Å²) < 4.78 is 10.7. The molecular weight excluding hydrogens is 414 g/mol. The zero-order valence-electron chi connectivity index (χ0n) is 20.6. The summed E-state index contributed by atoms with van der Waals surface area (Å²) >= 11 is 0. The summed E-state index contributed by atoms with van der Waals surface area (Å²) in [6, 6.07) is 6.57. The van der Waals surface area contributed by atoms with Crippen molar-refractivity contribution in [1.29, 1.82) is 0 Å². The molecule has 0 aliphatic heterocycles. The third-order valence-corrected chi connectivity index (χ3v) is 6.97. The number of aryl methyl sites for hydroxylation is 1. The number of nitrogens with one attached hydrogen (secondary N) is 2. The number of anilines is 2. The maximum Gasteiger partial charge on any atom is 0.225 e. The molecule has 0 amide bonds. The first-order valence-corrected chi connectivity index (χ1v) is 12.3. The molecule has 1 saturated carbocycles. The van der Waals surface area contributed by atoms with Crippen LogP contribution in [0.25, 0.3) is 0 Å². The molecule has 2 aliphatic rings. The quantitative estimate of drug-likeness (QED) is 0.590. The van der Waals surface area contributed by atoms with Crippen LogP contribution in [0.2, 0.25) is 0 Å². The van der Waals surface area contributed by atoms with Crippen molar-refractivity contribution in [1.82, 2.24) is 15.3 Å². The molecule has 0 spiro atoms. The van der Waals surface area contributed by atoms with E-state index in [1.807, 2.05) is 12.1 Å². The molecule has 2 aliphatic carbocycles. The van der Waals surface area contributed by atoms with Crippen molar-refractivity contribution in [2.45, 2.75) is 64.0 Å². The average molecular weight is 454 g/mol. The van der Waals surface area contributed by atoms with Crippen LogP contribution in [0.1, 0.15) is 55.3 Å². The lowest BCUT2D eigenvalue weighted by Gasteiger charge is -2.30. The second-order valence-corrected chi connectivity index (χ2v) is 9.58. The molecule has 1 heterocycles. The van der Waals surface area contributed by atoms with E-state index < -0.39 is 0 Å². The third-order valence-electron chi connectivity index (χ3n) is 6.97. The summed E-state index contributed by atoms with van der Waals surface area (Å²) in [5.41, 5.74) is 3.81. The van der Waals surface area contributed by atoms with Gasteiger partial charge in [-0.05, 0) is 81.5 Å². The van der Waals surface area contributed by atoms with Gasteiger partial charge in [-0.3, -0.25) is 0 Å². The number of methoxy groups -OCH3 is 2. The van der Waals surface area contributed by atoms with Crippen LogP contribution in [-0.4, -0.2) is 50.9 Å². The average Bonchev–Trinajstić information content (AvgIpc) is 2.84. The Morgan fingerprint density at radius 3 is 2.45 bits per heavy atom. The fourth-order valence-electron chi connectivity index (χ4n) is 5.11. The van der Waals surface area contributed by atoms with Crippen molar-refractivity contribution >= 4 is 11.8 Å². The summed E-state index contributed by atoms with van der Waals surface area (Å²) in [7, 11) is 7.51. The van der Waals surface area contributed by atoms with E-state index in [-0.39, 0.29) is 0 Å². The van der Waals surface area contributed by atoms with Crippen LogP contribution in [0.5, 0.6) is 11.5 Å². The molecule has 0 unspecified atom stereocenters.